The summed E-state index contributed by atoms with van der Waals surface area (Å²) in [6.45, 7) is 2.19. The normalized spacial score (nSPS) is 10.2. The van der Waals surface area contributed by atoms with Crippen LogP contribution >= 0.6 is 0 Å². The molecule has 112 valence electrons. The van der Waals surface area contributed by atoms with Crippen LogP contribution in [0, 0.1) is 6.92 Å². The van der Waals surface area contributed by atoms with Crippen LogP contribution in [0.25, 0.3) is 0 Å². The molecule has 2 N–H and O–H groups in total. The highest BCUT2D eigenvalue weighted by Crippen LogP contribution is 2.30. The third kappa shape index (κ3) is 3.31. The Morgan fingerprint density at radius 1 is 1.29 bits per heavy atom. The largest absolute Gasteiger partial charge is 0.493 e. The van der Waals surface area contributed by atoms with E-state index < -0.39 is 0 Å². The molecule has 0 radical (unpaired) electrons. The number of nitrogens with one attached hydrogen (secondary N) is 2. The van der Waals surface area contributed by atoms with Gasteiger partial charge in [-0.2, -0.15) is 15.4 Å². The van der Waals surface area contributed by atoms with Gasteiger partial charge in [-0.3, -0.25) is 4.79 Å². The minimum atomic E-state index is -0.247. The third-order valence-corrected chi connectivity index (χ3v) is 3.10. The van der Waals surface area contributed by atoms with Gasteiger partial charge in [0.1, 0.15) is 0 Å². The van der Waals surface area contributed by atoms with Gasteiger partial charge in [-0.25, -0.2) is 0 Å². The minimum absolute atomic E-state index is 0.247. The Hall–Kier alpha value is -2.57. The second kappa shape index (κ2) is 6.74. The molecule has 0 unspecified atom stereocenters. The smallest absolute Gasteiger partial charge is 0.273 e. The van der Waals surface area contributed by atoms with Crippen LogP contribution < -0.4 is 14.8 Å². The van der Waals surface area contributed by atoms with Crippen molar-refractivity contribution in [3.8, 4) is 11.5 Å². The van der Waals surface area contributed by atoms with Gasteiger partial charge in [0.05, 0.1) is 19.9 Å². The second-order valence-corrected chi connectivity index (χ2v) is 4.42. The Balaban J connectivity index is 1.98. The Morgan fingerprint density at radius 3 is 2.71 bits per heavy atom. The lowest BCUT2D eigenvalue weighted by Gasteiger charge is -2.12. The quantitative estimate of drug-likeness (QED) is 0.831. The second-order valence-electron chi connectivity index (χ2n) is 4.42. The number of aryl methyl sites for hydroxylation is 1. The van der Waals surface area contributed by atoms with E-state index in [4.69, 9.17) is 9.47 Å². The van der Waals surface area contributed by atoms with Crippen molar-refractivity contribution in [2.24, 2.45) is 0 Å². The van der Waals surface area contributed by atoms with Gasteiger partial charge >= 0.3 is 0 Å². The van der Waals surface area contributed by atoms with Gasteiger partial charge in [0.15, 0.2) is 17.2 Å². The number of aromatic amines is 1. The van der Waals surface area contributed by atoms with E-state index in [9.17, 15) is 4.79 Å². The fourth-order valence-corrected chi connectivity index (χ4v) is 2.04. The molecule has 0 aliphatic carbocycles. The Bertz CT molecular complexity index is 624. The van der Waals surface area contributed by atoms with Crippen molar-refractivity contribution in [1.29, 1.82) is 0 Å². The molecule has 0 fully saturated rings. The SMILES string of the molecule is COc1cccc(CCNC(=O)c2n[nH]nc2C)c1OC. The van der Waals surface area contributed by atoms with Gasteiger partial charge < -0.3 is 14.8 Å². The minimum Gasteiger partial charge on any atom is -0.493 e. The molecule has 1 amide bonds. The number of amides is 1. The Morgan fingerprint density at radius 2 is 2.10 bits per heavy atom. The highest BCUT2D eigenvalue weighted by atomic mass is 16.5. The van der Waals surface area contributed by atoms with E-state index in [1.807, 2.05) is 18.2 Å². The topological polar surface area (TPSA) is 89.1 Å². The summed E-state index contributed by atoms with van der Waals surface area (Å²) >= 11 is 0. The first-order valence-electron chi connectivity index (χ1n) is 6.52. The first kappa shape index (κ1) is 14.8. The number of ether oxygens (including phenoxy) is 2. The maximum atomic E-state index is 11.9. The predicted molar refractivity (Wildman–Crippen MR) is 76.7 cm³/mol. The number of hydrogen-bond donors (Lipinski definition) is 2. The lowest BCUT2D eigenvalue weighted by Crippen LogP contribution is -2.26. The standard InChI is InChI=1S/C14H18N4O3/c1-9-12(17-18-16-9)14(19)15-8-7-10-5-4-6-11(20-2)13(10)21-3/h4-6H,7-8H2,1-3H3,(H,15,19)(H,16,17,18). The first-order valence-corrected chi connectivity index (χ1v) is 6.52. The highest BCUT2D eigenvalue weighted by molar-refractivity contribution is 5.93. The summed E-state index contributed by atoms with van der Waals surface area (Å²) in [5.74, 6) is 1.11. The van der Waals surface area contributed by atoms with Gasteiger partial charge in [0, 0.05) is 6.54 Å². The maximum Gasteiger partial charge on any atom is 0.273 e. The molecular formula is C14H18N4O3. The van der Waals surface area contributed by atoms with E-state index in [2.05, 4.69) is 20.7 Å². The number of hydrogen-bond acceptors (Lipinski definition) is 5. The van der Waals surface area contributed by atoms with Crippen LogP contribution in [-0.4, -0.2) is 42.1 Å². The van der Waals surface area contributed by atoms with Crippen molar-refractivity contribution in [3.63, 3.8) is 0 Å². The molecule has 7 heteroatoms. The van der Waals surface area contributed by atoms with Crippen LogP contribution in [0.15, 0.2) is 18.2 Å². The number of methoxy groups -OCH3 is 2. The van der Waals surface area contributed by atoms with Crippen molar-refractivity contribution >= 4 is 5.91 Å². The number of rotatable bonds is 6. The van der Waals surface area contributed by atoms with E-state index >= 15 is 0 Å². The maximum absolute atomic E-state index is 11.9. The van der Waals surface area contributed by atoms with Gasteiger partial charge in [-0.15, -0.1) is 0 Å². The zero-order chi connectivity index (χ0) is 15.2. The van der Waals surface area contributed by atoms with Crippen LogP contribution in [-0.2, 0) is 6.42 Å². The molecule has 0 aliphatic rings. The number of carbonyl (C=O) groups excluding carboxylic acids is 1. The summed E-state index contributed by atoms with van der Waals surface area (Å²) in [6, 6.07) is 5.66. The molecule has 2 rings (SSSR count). The molecule has 0 aliphatic heterocycles. The lowest BCUT2D eigenvalue weighted by molar-refractivity contribution is 0.0948. The Kier molecular flexibility index (Phi) is 4.76. The zero-order valence-corrected chi connectivity index (χ0v) is 12.3. The van der Waals surface area contributed by atoms with E-state index in [1.54, 1.807) is 21.1 Å². The molecule has 0 atom stereocenters. The molecule has 1 heterocycles. The van der Waals surface area contributed by atoms with Crippen LogP contribution in [0.1, 0.15) is 21.7 Å². The molecule has 7 nitrogen and oxygen atoms in total. The van der Waals surface area contributed by atoms with Gasteiger partial charge in [-0.1, -0.05) is 12.1 Å². The van der Waals surface area contributed by atoms with Crippen LogP contribution in [0.4, 0.5) is 0 Å². The number of para-hydroxylation sites is 1. The molecular weight excluding hydrogens is 272 g/mol. The Labute approximate surface area is 122 Å². The fraction of sp³-hybridized carbons (Fsp3) is 0.357. The molecule has 0 bridgehead atoms. The number of nitrogens with zero attached hydrogens (tertiary/aromatic N) is 2. The highest BCUT2D eigenvalue weighted by Gasteiger charge is 2.13. The predicted octanol–water partition coefficient (Wildman–Crippen LogP) is 1.10. The monoisotopic (exact) mass is 290 g/mol. The van der Waals surface area contributed by atoms with E-state index in [0.29, 0.717) is 35.9 Å². The first-order chi connectivity index (χ1) is 10.2. The molecule has 1 aromatic carbocycles. The summed E-state index contributed by atoms with van der Waals surface area (Å²) in [5, 5.41) is 12.9. The summed E-state index contributed by atoms with van der Waals surface area (Å²) in [6.07, 6.45) is 0.628. The summed E-state index contributed by atoms with van der Waals surface area (Å²) in [4.78, 5) is 11.9. The van der Waals surface area contributed by atoms with Crippen molar-refractivity contribution in [2.75, 3.05) is 20.8 Å². The molecule has 0 spiro atoms. The van der Waals surface area contributed by atoms with Gasteiger partial charge in [0.25, 0.3) is 5.91 Å². The van der Waals surface area contributed by atoms with Crippen LogP contribution in [0.5, 0.6) is 11.5 Å². The van der Waals surface area contributed by atoms with Crippen molar-refractivity contribution in [2.45, 2.75) is 13.3 Å². The number of H-pyrrole nitrogens is 1. The molecule has 1 aromatic heterocycles. The summed E-state index contributed by atoms with van der Waals surface area (Å²) in [5.41, 5.74) is 1.85. The van der Waals surface area contributed by atoms with Crippen LogP contribution in [0.2, 0.25) is 0 Å². The third-order valence-electron chi connectivity index (χ3n) is 3.10. The van der Waals surface area contributed by atoms with E-state index in [0.717, 1.165) is 5.56 Å². The van der Waals surface area contributed by atoms with Crippen molar-refractivity contribution in [3.05, 3.63) is 35.2 Å². The average molecular weight is 290 g/mol. The number of carbonyl (C=O) groups is 1. The van der Waals surface area contributed by atoms with E-state index in [-0.39, 0.29) is 5.91 Å². The molecule has 0 saturated heterocycles. The van der Waals surface area contributed by atoms with Gasteiger partial charge in [-0.05, 0) is 25.0 Å². The zero-order valence-electron chi connectivity index (χ0n) is 12.3. The number of aromatic nitrogens is 3. The van der Waals surface area contributed by atoms with Crippen LogP contribution in [0.3, 0.4) is 0 Å². The molecule has 2 aromatic rings. The summed E-state index contributed by atoms with van der Waals surface area (Å²) in [7, 11) is 3.19. The van der Waals surface area contributed by atoms with Crippen molar-refractivity contribution < 1.29 is 14.3 Å². The average Bonchev–Trinajstić information content (AvgIpc) is 2.93. The van der Waals surface area contributed by atoms with E-state index in [1.165, 1.54) is 0 Å². The number of benzene rings is 1. The molecule has 21 heavy (non-hydrogen) atoms. The van der Waals surface area contributed by atoms with Gasteiger partial charge in [0.2, 0.25) is 0 Å². The van der Waals surface area contributed by atoms with Crippen molar-refractivity contribution in [1.82, 2.24) is 20.7 Å². The summed E-state index contributed by atoms with van der Waals surface area (Å²) < 4.78 is 10.6. The molecule has 0 saturated carbocycles. The fourth-order valence-electron chi connectivity index (χ4n) is 2.04. The lowest BCUT2D eigenvalue weighted by atomic mass is 10.1.